The number of rotatable bonds is 0. The molecule has 0 aliphatic heterocycles. The van der Waals surface area contributed by atoms with Crippen LogP contribution in [0.2, 0.25) is 0 Å². The monoisotopic (exact) mass is 150 g/mol. The van der Waals surface area contributed by atoms with Crippen LogP contribution in [0, 0.1) is 11.8 Å². The Labute approximate surface area is 67.5 Å². The highest BCUT2D eigenvalue weighted by Gasteiger charge is 2.32. The lowest BCUT2D eigenvalue weighted by Crippen LogP contribution is -2.10. The Kier molecular flexibility index (Phi) is 1.59. The summed E-state index contributed by atoms with van der Waals surface area (Å²) in [6, 6.07) is 0. The van der Waals surface area contributed by atoms with Gasteiger partial charge in [-0.15, -0.1) is 0 Å². The first-order chi connectivity index (χ1) is 5.25. The number of fused-ring (bicyclic) bond motifs is 1. The smallest absolute Gasteiger partial charge is 0.133 e. The first-order valence-corrected chi connectivity index (χ1v) is 4.44. The number of allylic oxidation sites excluding steroid dienone is 2. The summed E-state index contributed by atoms with van der Waals surface area (Å²) in [6.45, 7) is 2.18. The van der Waals surface area contributed by atoms with E-state index in [-0.39, 0.29) is 0 Å². The Balaban J connectivity index is 2.17. The van der Waals surface area contributed by atoms with Crippen LogP contribution < -0.4 is 0 Å². The van der Waals surface area contributed by atoms with Gasteiger partial charge in [0.2, 0.25) is 0 Å². The molecule has 0 aromatic carbocycles. The molecule has 0 bridgehead atoms. The maximum atomic E-state index is 11.1. The Hall–Kier alpha value is -0.590. The summed E-state index contributed by atoms with van der Waals surface area (Å²) in [6.07, 6.45) is 6.46. The van der Waals surface area contributed by atoms with E-state index in [2.05, 4.69) is 13.0 Å². The molecule has 0 N–H and O–H groups in total. The lowest BCUT2D eigenvalue weighted by atomic mass is 9.84. The van der Waals surface area contributed by atoms with Crippen molar-refractivity contribution < 1.29 is 4.79 Å². The topological polar surface area (TPSA) is 17.1 Å². The lowest BCUT2D eigenvalue weighted by molar-refractivity contribution is -0.117. The van der Waals surface area contributed by atoms with E-state index in [1.54, 1.807) is 0 Å². The van der Waals surface area contributed by atoms with Gasteiger partial charge < -0.3 is 0 Å². The Bertz CT molecular complexity index is 215. The average Bonchev–Trinajstić information content (AvgIpc) is 2.27. The molecule has 1 fully saturated rings. The third kappa shape index (κ3) is 1.24. The third-order valence-corrected chi connectivity index (χ3v) is 2.97. The van der Waals surface area contributed by atoms with Crippen molar-refractivity contribution in [1.29, 1.82) is 0 Å². The summed E-state index contributed by atoms with van der Waals surface area (Å²) < 4.78 is 0. The van der Waals surface area contributed by atoms with Crippen LogP contribution in [-0.4, -0.2) is 5.78 Å². The van der Waals surface area contributed by atoms with E-state index in [9.17, 15) is 4.79 Å². The Morgan fingerprint density at radius 1 is 1.45 bits per heavy atom. The van der Waals surface area contributed by atoms with Crippen molar-refractivity contribution in [3.63, 3.8) is 0 Å². The summed E-state index contributed by atoms with van der Waals surface area (Å²) >= 11 is 0. The highest BCUT2D eigenvalue weighted by Crippen LogP contribution is 2.38. The molecule has 2 rings (SSSR count). The molecule has 0 aromatic rings. The molecule has 2 atom stereocenters. The number of Topliss-reactive ketones (excluding diaryl/α,β-unsaturated/α-hetero) is 1. The number of ketones is 1. The van der Waals surface area contributed by atoms with Crippen LogP contribution in [0.5, 0.6) is 0 Å². The molecular formula is C10H14O. The Morgan fingerprint density at radius 3 is 3.09 bits per heavy atom. The van der Waals surface area contributed by atoms with Gasteiger partial charge in [0.15, 0.2) is 0 Å². The molecule has 1 heteroatoms. The molecule has 2 aliphatic carbocycles. The number of hydrogen-bond donors (Lipinski definition) is 0. The second kappa shape index (κ2) is 2.47. The maximum absolute atomic E-state index is 11.1. The van der Waals surface area contributed by atoms with Gasteiger partial charge in [-0.2, -0.15) is 0 Å². The van der Waals surface area contributed by atoms with Crippen molar-refractivity contribution in [2.24, 2.45) is 11.8 Å². The molecule has 11 heavy (non-hydrogen) atoms. The SMILES string of the molecule is CC1=CC2CC(=O)CC2CC1. The van der Waals surface area contributed by atoms with Gasteiger partial charge in [0.05, 0.1) is 0 Å². The maximum Gasteiger partial charge on any atom is 0.133 e. The van der Waals surface area contributed by atoms with E-state index in [1.807, 2.05) is 0 Å². The first kappa shape index (κ1) is 7.08. The van der Waals surface area contributed by atoms with Crippen molar-refractivity contribution in [2.75, 3.05) is 0 Å². The van der Waals surface area contributed by atoms with Gasteiger partial charge in [-0.25, -0.2) is 0 Å². The fourth-order valence-electron chi connectivity index (χ4n) is 2.33. The fourth-order valence-corrected chi connectivity index (χ4v) is 2.33. The van der Waals surface area contributed by atoms with Crippen LogP contribution >= 0.6 is 0 Å². The summed E-state index contributed by atoms with van der Waals surface area (Å²) in [5, 5.41) is 0. The third-order valence-electron chi connectivity index (χ3n) is 2.97. The summed E-state index contributed by atoms with van der Waals surface area (Å²) in [5.41, 5.74) is 1.49. The van der Waals surface area contributed by atoms with Crippen LogP contribution in [0.15, 0.2) is 11.6 Å². The van der Waals surface area contributed by atoms with Crippen LogP contribution in [0.1, 0.15) is 32.6 Å². The largest absolute Gasteiger partial charge is 0.300 e. The van der Waals surface area contributed by atoms with Gasteiger partial charge in [0, 0.05) is 12.8 Å². The molecular weight excluding hydrogens is 136 g/mol. The van der Waals surface area contributed by atoms with Gasteiger partial charge in [-0.05, 0) is 31.6 Å². The predicted molar refractivity (Wildman–Crippen MR) is 44.2 cm³/mol. The molecule has 0 saturated heterocycles. The van der Waals surface area contributed by atoms with E-state index in [4.69, 9.17) is 0 Å². The molecule has 60 valence electrons. The molecule has 0 heterocycles. The van der Waals surface area contributed by atoms with Crippen molar-refractivity contribution >= 4 is 5.78 Å². The normalized spacial score (nSPS) is 36.8. The Morgan fingerprint density at radius 2 is 2.27 bits per heavy atom. The second-order valence-electron chi connectivity index (χ2n) is 3.92. The van der Waals surface area contributed by atoms with E-state index in [0.29, 0.717) is 17.6 Å². The van der Waals surface area contributed by atoms with Gasteiger partial charge in [0.1, 0.15) is 5.78 Å². The number of carbonyl (C=O) groups is 1. The minimum absolute atomic E-state index is 0.478. The minimum atomic E-state index is 0.478. The van der Waals surface area contributed by atoms with Crippen molar-refractivity contribution in [2.45, 2.75) is 32.6 Å². The molecule has 0 radical (unpaired) electrons. The molecule has 1 saturated carbocycles. The second-order valence-corrected chi connectivity index (χ2v) is 3.92. The highest BCUT2D eigenvalue weighted by molar-refractivity contribution is 5.81. The van der Waals surface area contributed by atoms with Crippen LogP contribution in [0.3, 0.4) is 0 Å². The molecule has 2 unspecified atom stereocenters. The first-order valence-electron chi connectivity index (χ1n) is 4.44. The number of carbonyl (C=O) groups excluding carboxylic acids is 1. The van der Waals surface area contributed by atoms with Crippen LogP contribution in [-0.2, 0) is 4.79 Å². The van der Waals surface area contributed by atoms with Crippen LogP contribution in [0.4, 0.5) is 0 Å². The van der Waals surface area contributed by atoms with Gasteiger partial charge in [-0.3, -0.25) is 4.79 Å². The zero-order chi connectivity index (χ0) is 7.84. The molecule has 1 nitrogen and oxygen atoms in total. The average molecular weight is 150 g/mol. The van der Waals surface area contributed by atoms with E-state index in [1.165, 1.54) is 18.4 Å². The molecule has 0 amide bonds. The molecule has 2 aliphatic rings. The van der Waals surface area contributed by atoms with E-state index >= 15 is 0 Å². The van der Waals surface area contributed by atoms with Crippen molar-refractivity contribution in [3.05, 3.63) is 11.6 Å². The molecule has 0 aromatic heterocycles. The quantitative estimate of drug-likeness (QED) is 0.484. The van der Waals surface area contributed by atoms with E-state index in [0.717, 1.165) is 12.8 Å². The van der Waals surface area contributed by atoms with Crippen LogP contribution in [0.25, 0.3) is 0 Å². The zero-order valence-corrected chi connectivity index (χ0v) is 6.97. The predicted octanol–water partition coefficient (Wildman–Crippen LogP) is 2.32. The fraction of sp³-hybridized carbons (Fsp3) is 0.700. The standard InChI is InChI=1S/C10H14O/c1-7-2-3-8-5-10(11)6-9(8)4-7/h4,8-9H,2-3,5-6H2,1H3. The summed E-state index contributed by atoms with van der Waals surface area (Å²) in [7, 11) is 0. The van der Waals surface area contributed by atoms with Gasteiger partial charge in [-0.1, -0.05) is 11.6 Å². The van der Waals surface area contributed by atoms with Crippen molar-refractivity contribution in [1.82, 2.24) is 0 Å². The number of hydrogen-bond acceptors (Lipinski definition) is 1. The van der Waals surface area contributed by atoms with Gasteiger partial charge in [0.25, 0.3) is 0 Å². The zero-order valence-electron chi connectivity index (χ0n) is 6.97. The highest BCUT2D eigenvalue weighted by atomic mass is 16.1. The summed E-state index contributed by atoms with van der Waals surface area (Å²) in [5.74, 6) is 1.79. The molecule has 0 spiro atoms. The van der Waals surface area contributed by atoms with E-state index < -0.39 is 0 Å². The van der Waals surface area contributed by atoms with Crippen molar-refractivity contribution in [3.8, 4) is 0 Å². The van der Waals surface area contributed by atoms with Gasteiger partial charge >= 0.3 is 0 Å². The minimum Gasteiger partial charge on any atom is -0.300 e. The lowest BCUT2D eigenvalue weighted by Gasteiger charge is -2.21. The summed E-state index contributed by atoms with van der Waals surface area (Å²) in [4.78, 5) is 11.1.